The van der Waals surface area contributed by atoms with Crippen LogP contribution in [0.2, 0.25) is 0 Å². The third-order valence-corrected chi connectivity index (χ3v) is 1.02. The van der Waals surface area contributed by atoms with Crippen LogP contribution in [0.25, 0.3) is 0 Å². The van der Waals surface area contributed by atoms with Crippen LogP contribution in [0.1, 0.15) is 20.3 Å². The van der Waals surface area contributed by atoms with E-state index in [2.05, 4.69) is 4.99 Å². The molecule has 0 amide bonds. The highest BCUT2D eigenvalue weighted by molar-refractivity contribution is 5.87. The normalized spacial score (nSPS) is 39.6. The van der Waals surface area contributed by atoms with Crippen molar-refractivity contribution in [1.29, 1.82) is 0 Å². The van der Waals surface area contributed by atoms with E-state index in [0.717, 1.165) is 12.1 Å². The van der Waals surface area contributed by atoms with Gasteiger partial charge in [-0.3, -0.25) is 4.99 Å². The quantitative estimate of drug-likeness (QED) is 0.473. The Labute approximate surface area is 42.9 Å². The molecule has 1 N–H and O–H groups in total. The predicted octanol–water partition coefficient (Wildman–Crippen LogP) is 0.560. The maximum atomic E-state index is 8.90. The topological polar surface area (TPSA) is 32.6 Å². The van der Waals surface area contributed by atoms with Gasteiger partial charge in [0, 0.05) is 12.1 Å². The summed E-state index contributed by atoms with van der Waals surface area (Å²) in [5.74, 6) is 0. The molecular weight excluding hydrogens is 90.1 g/mol. The minimum atomic E-state index is -0.718. The molecule has 0 radical (unpaired) electrons. The van der Waals surface area contributed by atoms with E-state index in [-0.39, 0.29) is 0 Å². The molecule has 2 heteroatoms. The van der Waals surface area contributed by atoms with E-state index in [0.29, 0.717) is 0 Å². The molecule has 7 heavy (non-hydrogen) atoms. The molecular formula is C5H9NO. The van der Waals surface area contributed by atoms with Gasteiger partial charge in [-0.1, -0.05) is 0 Å². The van der Waals surface area contributed by atoms with Crippen LogP contribution in [0.4, 0.5) is 0 Å². The average molecular weight is 99.1 g/mol. The molecule has 1 heterocycles. The first-order chi connectivity index (χ1) is 3.10. The molecule has 0 aromatic heterocycles. The fourth-order valence-electron chi connectivity index (χ4n) is 0.884. The third kappa shape index (κ3) is 0.800. The highest BCUT2D eigenvalue weighted by atomic mass is 16.3. The zero-order valence-electron chi connectivity index (χ0n) is 4.60. The van der Waals surface area contributed by atoms with Crippen molar-refractivity contribution in [2.75, 3.05) is 0 Å². The first-order valence-corrected chi connectivity index (χ1v) is 2.38. The minimum absolute atomic E-state index is 0.718. The Morgan fingerprint density at radius 1 is 1.86 bits per heavy atom. The van der Waals surface area contributed by atoms with Crippen LogP contribution < -0.4 is 0 Å². The second kappa shape index (κ2) is 1.07. The number of nitrogens with zero attached hydrogens (tertiary/aromatic N) is 1. The van der Waals surface area contributed by atoms with Gasteiger partial charge in [-0.25, -0.2) is 0 Å². The average Bonchev–Trinajstić information content (AvgIpc) is 1.27. The second-order valence-electron chi connectivity index (χ2n) is 2.24. The van der Waals surface area contributed by atoms with Crippen molar-refractivity contribution >= 4 is 5.71 Å². The van der Waals surface area contributed by atoms with Crippen LogP contribution in [0.15, 0.2) is 4.99 Å². The molecule has 1 unspecified atom stereocenters. The first kappa shape index (κ1) is 4.78. The predicted molar refractivity (Wildman–Crippen MR) is 28.3 cm³/mol. The van der Waals surface area contributed by atoms with Crippen molar-refractivity contribution in [3.05, 3.63) is 0 Å². The number of rotatable bonds is 0. The van der Waals surface area contributed by atoms with E-state index < -0.39 is 5.72 Å². The Bertz CT molecular complexity index is 115. The largest absolute Gasteiger partial charge is 0.369 e. The number of aliphatic imine (C=N–C) groups is 1. The van der Waals surface area contributed by atoms with Crippen LogP contribution in [-0.4, -0.2) is 16.5 Å². The molecule has 1 aliphatic heterocycles. The van der Waals surface area contributed by atoms with Gasteiger partial charge in [0.2, 0.25) is 0 Å². The van der Waals surface area contributed by atoms with Crippen LogP contribution in [0.5, 0.6) is 0 Å². The number of hydrogen-bond acceptors (Lipinski definition) is 2. The zero-order valence-corrected chi connectivity index (χ0v) is 4.60. The molecule has 0 bridgehead atoms. The summed E-state index contributed by atoms with van der Waals surface area (Å²) in [7, 11) is 0. The summed E-state index contributed by atoms with van der Waals surface area (Å²) < 4.78 is 0. The SMILES string of the molecule is CC1=NC(C)(O)C1. The summed E-state index contributed by atoms with van der Waals surface area (Å²) >= 11 is 0. The minimum Gasteiger partial charge on any atom is -0.369 e. The monoisotopic (exact) mass is 99.1 g/mol. The van der Waals surface area contributed by atoms with Gasteiger partial charge < -0.3 is 5.11 Å². The molecule has 0 saturated heterocycles. The highest BCUT2D eigenvalue weighted by Gasteiger charge is 2.27. The lowest BCUT2D eigenvalue weighted by Crippen LogP contribution is -2.34. The summed E-state index contributed by atoms with van der Waals surface area (Å²) in [4.78, 5) is 3.83. The van der Waals surface area contributed by atoms with E-state index in [1.165, 1.54) is 0 Å². The second-order valence-corrected chi connectivity index (χ2v) is 2.24. The van der Waals surface area contributed by atoms with Crippen LogP contribution in [0, 0.1) is 0 Å². The van der Waals surface area contributed by atoms with Gasteiger partial charge in [-0.05, 0) is 13.8 Å². The van der Waals surface area contributed by atoms with Gasteiger partial charge in [-0.2, -0.15) is 0 Å². The molecule has 2 nitrogen and oxygen atoms in total. The van der Waals surface area contributed by atoms with Gasteiger partial charge in [-0.15, -0.1) is 0 Å². The molecule has 40 valence electrons. The van der Waals surface area contributed by atoms with Crippen molar-refractivity contribution in [1.82, 2.24) is 0 Å². The van der Waals surface area contributed by atoms with E-state index in [1.807, 2.05) is 6.92 Å². The highest BCUT2D eigenvalue weighted by Crippen LogP contribution is 2.21. The van der Waals surface area contributed by atoms with Gasteiger partial charge in [0.05, 0.1) is 0 Å². The molecule has 0 aromatic carbocycles. The Balaban J connectivity index is 2.60. The van der Waals surface area contributed by atoms with Gasteiger partial charge in [0.1, 0.15) is 0 Å². The number of aliphatic hydroxyl groups is 1. The smallest absolute Gasteiger partial charge is 0.158 e. The lowest BCUT2D eigenvalue weighted by Gasteiger charge is -2.27. The fraction of sp³-hybridized carbons (Fsp3) is 0.800. The zero-order chi connectivity index (χ0) is 5.49. The summed E-state index contributed by atoms with van der Waals surface area (Å²) in [5, 5.41) is 8.90. The summed E-state index contributed by atoms with van der Waals surface area (Å²) in [6, 6.07) is 0. The van der Waals surface area contributed by atoms with Gasteiger partial charge in [0.25, 0.3) is 0 Å². The molecule has 0 fully saturated rings. The lowest BCUT2D eigenvalue weighted by atomic mass is 10.0. The van der Waals surface area contributed by atoms with Crippen LogP contribution >= 0.6 is 0 Å². The third-order valence-electron chi connectivity index (χ3n) is 1.02. The molecule has 0 aromatic rings. The van der Waals surface area contributed by atoms with E-state index in [1.54, 1.807) is 6.92 Å². The van der Waals surface area contributed by atoms with Crippen LogP contribution in [-0.2, 0) is 0 Å². The standard InChI is InChI=1S/C5H9NO/c1-4-3-5(2,7)6-4/h7H,3H2,1-2H3. The van der Waals surface area contributed by atoms with Gasteiger partial charge in [0.15, 0.2) is 5.72 Å². The maximum Gasteiger partial charge on any atom is 0.158 e. The first-order valence-electron chi connectivity index (χ1n) is 2.38. The molecule has 1 aliphatic rings. The molecule has 0 aliphatic carbocycles. The molecule has 0 saturated carbocycles. The molecule has 1 atom stereocenters. The van der Waals surface area contributed by atoms with Crippen molar-refractivity contribution in [2.45, 2.75) is 26.0 Å². The Hall–Kier alpha value is -0.370. The van der Waals surface area contributed by atoms with Crippen LogP contribution in [0.3, 0.4) is 0 Å². The van der Waals surface area contributed by atoms with E-state index >= 15 is 0 Å². The summed E-state index contributed by atoms with van der Waals surface area (Å²) in [5.41, 5.74) is 0.328. The van der Waals surface area contributed by atoms with E-state index in [9.17, 15) is 0 Å². The Morgan fingerprint density at radius 2 is 2.29 bits per heavy atom. The summed E-state index contributed by atoms with van der Waals surface area (Å²) in [6.07, 6.45) is 0.743. The summed E-state index contributed by atoms with van der Waals surface area (Å²) in [6.45, 7) is 3.62. The molecule has 1 rings (SSSR count). The van der Waals surface area contributed by atoms with Crippen molar-refractivity contribution in [3.63, 3.8) is 0 Å². The molecule has 0 spiro atoms. The van der Waals surface area contributed by atoms with Gasteiger partial charge >= 0.3 is 0 Å². The Kier molecular flexibility index (Phi) is 0.729. The number of hydrogen-bond donors (Lipinski definition) is 1. The van der Waals surface area contributed by atoms with E-state index in [4.69, 9.17) is 5.11 Å². The van der Waals surface area contributed by atoms with Crippen molar-refractivity contribution in [3.8, 4) is 0 Å². The fourth-order valence-corrected chi connectivity index (χ4v) is 0.884. The Morgan fingerprint density at radius 3 is 2.29 bits per heavy atom. The van der Waals surface area contributed by atoms with Crippen molar-refractivity contribution < 1.29 is 5.11 Å². The van der Waals surface area contributed by atoms with Crippen molar-refractivity contribution in [2.24, 2.45) is 4.99 Å². The lowest BCUT2D eigenvalue weighted by molar-refractivity contribution is 0.0593. The maximum absolute atomic E-state index is 8.90.